The van der Waals surface area contributed by atoms with Crippen molar-refractivity contribution in [3.8, 4) is 11.5 Å². The molecule has 0 spiro atoms. The summed E-state index contributed by atoms with van der Waals surface area (Å²) in [4.78, 5) is 0. The van der Waals surface area contributed by atoms with E-state index in [9.17, 15) is 5.11 Å². The summed E-state index contributed by atoms with van der Waals surface area (Å²) >= 11 is 0. The van der Waals surface area contributed by atoms with Gasteiger partial charge in [0.25, 0.3) is 0 Å². The Kier molecular flexibility index (Phi) is 1.95. The predicted octanol–water partition coefficient (Wildman–Crippen LogP) is 2.74. The number of fused-ring (bicyclic) bond motifs is 1. The standard InChI is InChI=1S/C12H16O2/c1-8-6-9-7-10(13)4-5-11(9)14-12(8,2)3/h4-5,7-8,13H,6H2,1-3H3. The number of ether oxygens (including phenoxy) is 1. The van der Waals surface area contributed by atoms with Crippen molar-refractivity contribution in [1.29, 1.82) is 0 Å². The second-order valence-corrected chi connectivity index (χ2v) is 4.60. The normalized spacial score (nSPS) is 23.8. The van der Waals surface area contributed by atoms with Gasteiger partial charge in [0.2, 0.25) is 0 Å². The van der Waals surface area contributed by atoms with Gasteiger partial charge in [-0.25, -0.2) is 0 Å². The van der Waals surface area contributed by atoms with Gasteiger partial charge in [-0.1, -0.05) is 6.92 Å². The van der Waals surface area contributed by atoms with Gasteiger partial charge in [0.1, 0.15) is 17.1 Å². The van der Waals surface area contributed by atoms with E-state index in [4.69, 9.17) is 4.74 Å². The van der Waals surface area contributed by atoms with Crippen LogP contribution in [0.1, 0.15) is 26.3 Å². The van der Waals surface area contributed by atoms with E-state index in [1.807, 2.05) is 6.07 Å². The third-order valence-corrected chi connectivity index (χ3v) is 3.13. The van der Waals surface area contributed by atoms with Crippen LogP contribution in [0.3, 0.4) is 0 Å². The molecule has 0 bridgehead atoms. The average Bonchev–Trinajstić information content (AvgIpc) is 2.08. The van der Waals surface area contributed by atoms with Gasteiger partial charge in [-0.05, 0) is 49.9 Å². The Hall–Kier alpha value is -1.18. The van der Waals surface area contributed by atoms with Gasteiger partial charge in [-0.2, -0.15) is 0 Å². The highest BCUT2D eigenvalue weighted by Gasteiger charge is 2.33. The van der Waals surface area contributed by atoms with Crippen LogP contribution in [0.5, 0.6) is 11.5 Å². The topological polar surface area (TPSA) is 29.5 Å². The number of hydrogen-bond acceptors (Lipinski definition) is 2. The lowest BCUT2D eigenvalue weighted by Gasteiger charge is -2.38. The van der Waals surface area contributed by atoms with Crippen LogP contribution >= 0.6 is 0 Å². The monoisotopic (exact) mass is 192 g/mol. The molecule has 14 heavy (non-hydrogen) atoms. The third kappa shape index (κ3) is 1.45. The molecule has 1 heterocycles. The van der Waals surface area contributed by atoms with Crippen LogP contribution < -0.4 is 4.74 Å². The maximum absolute atomic E-state index is 9.35. The molecule has 0 aromatic heterocycles. The molecular formula is C12H16O2. The Labute approximate surface area is 84.5 Å². The van der Waals surface area contributed by atoms with E-state index in [2.05, 4.69) is 20.8 Å². The van der Waals surface area contributed by atoms with E-state index in [1.165, 1.54) is 0 Å². The number of aromatic hydroxyl groups is 1. The van der Waals surface area contributed by atoms with Crippen LogP contribution in [-0.4, -0.2) is 10.7 Å². The smallest absolute Gasteiger partial charge is 0.123 e. The van der Waals surface area contributed by atoms with Crippen LogP contribution in [0, 0.1) is 5.92 Å². The number of hydrogen-bond donors (Lipinski definition) is 1. The number of benzene rings is 1. The fourth-order valence-electron chi connectivity index (χ4n) is 1.78. The van der Waals surface area contributed by atoms with Gasteiger partial charge >= 0.3 is 0 Å². The Morgan fingerprint density at radius 2 is 2.14 bits per heavy atom. The molecule has 1 unspecified atom stereocenters. The number of phenols is 1. The number of rotatable bonds is 0. The van der Waals surface area contributed by atoms with Crippen LogP contribution in [0.4, 0.5) is 0 Å². The molecule has 2 rings (SSSR count). The van der Waals surface area contributed by atoms with Gasteiger partial charge in [-0.15, -0.1) is 0 Å². The Balaban J connectivity index is 2.41. The molecule has 0 fully saturated rings. The van der Waals surface area contributed by atoms with Gasteiger partial charge in [-0.3, -0.25) is 0 Å². The molecule has 1 aromatic rings. The lowest BCUT2D eigenvalue weighted by Crippen LogP contribution is -2.40. The summed E-state index contributed by atoms with van der Waals surface area (Å²) in [6.07, 6.45) is 0.969. The lowest BCUT2D eigenvalue weighted by molar-refractivity contribution is 0.0353. The quantitative estimate of drug-likeness (QED) is 0.685. The summed E-state index contributed by atoms with van der Waals surface area (Å²) < 4.78 is 5.88. The summed E-state index contributed by atoms with van der Waals surface area (Å²) in [5.41, 5.74) is 1.00. The first-order chi connectivity index (χ1) is 6.49. The zero-order chi connectivity index (χ0) is 10.3. The van der Waals surface area contributed by atoms with Gasteiger partial charge in [0.15, 0.2) is 0 Å². The summed E-state index contributed by atoms with van der Waals surface area (Å²) in [5.74, 6) is 1.70. The van der Waals surface area contributed by atoms with Crippen molar-refractivity contribution in [2.24, 2.45) is 5.92 Å². The van der Waals surface area contributed by atoms with Crippen molar-refractivity contribution in [3.05, 3.63) is 23.8 Å². The van der Waals surface area contributed by atoms with Crippen molar-refractivity contribution >= 4 is 0 Å². The first kappa shape index (κ1) is 9.38. The van der Waals surface area contributed by atoms with Crippen LogP contribution in [0.25, 0.3) is 0 Å². The molecule has 0 aliphatic carbocycles. The van der Waals surface area contributed by atoms with Crippen molar-refractivity contribution in [3.63, 3.8) is 0 Å². The van der Waals surface area contributed by atoms with E-state index >= 15 is 0 Å². The summed E-state index contributed by atoms with van der Waals surface area (Å²) in [5, 5.41) is 9.35. The molecular weight excluding hydrogens is 176 g/mol. The molecule has 1 atom stereocenters. The SMILES string of the molecule is CC1Cc2cc(O)ccc2OC1(C)C. The minimum absolute atomic E-state index is 0.107. The van der Waals surface area contributed by atoms with Crippen molar-refractivity contribution < 1.29 is 9.84 Å². The zero-order valence-corrected chi connectivity index (χ0v) is 8.87. The van der Waals surface area contributed by atoms with Gasteiger partial charge in [0, 0.05) is 0 Å². The lowest BCUT2D eigenvalue weighted by atomic mass is 9.84. The Bertz CT molecular complexity index is 355. The van der Waals surface area contributed by atoms with Gasteiger partial charge in [0.05, 0.1) is 0 Å². The summed E-state index contributed by atoms with van der Waals surface area (Å²) in [6, 6.07) is 5.31. The highest BCUT2D eigenvalue weighted by atomic mass is 16.5. The van der Waals surface area contributed by atoms with Crippen molar-refractivity contribution in [2.45, 2.75) is 32.8 Å². The van der Waals surface area contributed by atoms with Crippen molar-refractivity contribution in [2.75, 3.05) is 0 Å². The molecule has 2 heteroatoms. The second-order valence-electron chi connectivity index (χ2n) is 4.60. The molecule has 0 radical (unpaired) electrons. The van der Waals surface area contributed by atoms with Crippen LogP contribution in [-0.2, 0) is 6.42 Å². The van der Waals surface area contributed by atoms with E-state index in [-0.39, 0.29) is 5.60 Å². The summed E-state index contributed by atoms with van der Waals surface area (Å²) in [6.45, 7) is 6.38. The molecule has 1 N–H and O–H groups in total. The predicted molar refractivity (Wildman–Crippen MR) is 55.7 cm³/mol. The molecule has 1 aliphatic heterocycles. The minimum atomic E-state index is -0.107. The first-order valence-corrected chi connectivity index (χ1v) is 5.00. The second kappa shape index (κ2) is 2.91. The van der Waals surface area contributed by atoms with Gasteiger partial charge < -0.3 is 9.84 Å². The van der Waals surface area contributed by atoms with Crippen LogP contribution in [0.15, 0.2) is 18.2 Å². The maximum Gasteiger partial charge on any atom is 0.123 e. The molecule has 1 aromatic carbocycles. The van der Waals surface area contributed by atoms with Crippen molar-refractivity contribution in [1.82, 2.24) is 0 Å². The average molecular weight is 192 g/mol. The molecule has 1 aliphatic rings. The fraction of sp³-hybridized carbons (Fsp3) is 0.500. The third-order valence-electron chi connectivity index (χ3n) is 3.13. The van der Waals surface area contributed by atoms with E-state index in [1.54, 1.807) is 12.1 Å². The highest BCUT2D eigenvalue weighted by molar-refractivity contribution is 5.41. The Morgan fingerprint density at radius 3 is 2.86 bits per heavy atom. The van der Waals surface area contributed by atoms with E-state index in [0.717, 1.165) is 17.7 Å². The first-order valence-electron chi connectivity index (χ1n) is 5.00. The Morgan fingerprint density at radius 1 is 1.43 bits per heavy atom. The molecule has 0 amide bonds. The minimum Gasteiger partial charge on any atom is -0.508 e. The number of phenolic OH excluding ortho intramolecular Hbond substituents is 1. The van der Waals surface area contributed by atoms with E-state index < -0.39 is 0 Å². The van der Waals surface area contributed by atoms with Crippen LogP contribution in [0.2, 0.25) is 0 Å². The molecule has 0 saturated heterocycles. The fourth-order valence-corrected chi connectivity index (χ4v) is 1.78. The summed E-state index contributed by atoms with van der Waals surface area (Å²) in [7, 11) is 0. The zero-order valence-electron chi connectivity index (χ0n) is 8.87. The highest BCUT2D eigenvalue weighted by Crippen LogP contribution is 2.37. The molecule has 2 nitrogen and oxygen atoms in total. The largest absolute Gasteiger partial charge is 0.508 e. The molecule has 0 saturated carbocycles. The molecule has 76 valence electrons. The maximum atomic E-state index is 9.35. The van der Waals surface area contributed by atoms with E-state index in [0.29, 0.717) is 11.7 Å².